The third-order valence-corrected chi connectivity index (χ3v) is 3.70. The third-order valence-electron chi connectivity index (χ3n) is 3.70. The zero-order valence-corrected chi connectivity index (χ0v) is 13.6. The Kier molecular flexibility index (Phi) is 6.18. The predicted octanol–water partition coefficient (Wildman–Crippen LogP) is 3.46. The van der Waals surface area contributed by atoms with E-state index >= 15 is 0 Å². The second-order valence-corrected chi connectivity index (χ2v) is 5.39. The van der Waals surface area contributed by atoms with Gasteiger partial charge in [-0.2, -0.15) is 0 Å². The van der Waals surface area contributed by atoms with E-state index in [0.717, 1.165) is 0 Å². The highest BCUT2D eigenvalue weighted by Gasteiger charge is 2.08. The SMILES string of the molecule is CCOc1ccc(NC(=O)CCc2ccccc2C)cc1CO. The third kappa shape index (κ3) is 4.83. The molecule has 23 heavy (non-hydrogen) atoms. The summed E-state index contributed by atoms with van der Waals surface area (Å²) in [5.74, 6) is 0.606. The Morgan fingerprint density at radius 3 is 2.65 bits per heavy atom. The number of hydrogen-bond donors (Lipinski definition) is 2. The maximum atomic E-state index is 12.1. The molecule has 2 aromatic rings. The van der Waals surface area contributed by atoms with Gasteiger partial charge in [0.25, 0.3) is 0 Å². The van der Waals surface area contributed by atoms with E-state index in [0.29, 0.717) is 36.4 Å². The Hall–Kier alpha value is -2.33. The monoisotopic (exact) mass is 313 g/mol. The molecule has 0 saturated carbocycles. The van der Waals surface area contributed by atoms with Crippen LogP contribution in [0.1, 0.15) is 30.0 Å². The molecule has 0 aliphatic carbocycles. The fourth-order valence-corrected chi connectivity index (χ4v) is 2.44. The molecule has 0 aliphatic heterocycles. The van der Waals surface area contributed by atoms with Crippen molar-refractivity contribution in [1.29, 1.82) is 0 Å². The quantitative estimate of drug-likeness (QED) is 0.823. The van der Waals surface area contributed by atoms with Gasteiger partial charge in [-0.25, -0.2) is 0 Å². The number of amides is 1. The summed E-state index contributed by atoms with van der Waals surface area (Å²) in [6.07, 6.45) is 1.13. The summed E-state index contributed by atoms with van der Waals surface area (Å²) < 4.78 is 5.43. The molecule has 0 aliphatic rings. The maximum Gasteiger partial charge on any atom is 0.224 e. The molecule has 2 aromatic carbocycles. The molecule has 122 valence electrons. The van der Waals surface area contributed by atoms with Gasteiger partial charge < -0.3 is 15.2 Å². The smallest absolute Gasteiger partial charge is 0.224 e. The first kappa shape index (κ1) is 17.0. The van der Waals surface area contributed by atoms with Crippen molar-refractivity contribution in [2.24, 2.45) is 0 Å². The van der Waals surface area contributed by atoms with Crippen LogP contribution in [0.3, 0.4) is 0 Å². The Labute approximate surface area is 137 Å². The Balaban J connectivity index is 1.96. The average molecular weight is 313 g/mol. The van der Waals surface area contributed by atoms with Crippen molar-refractivity contribution in [3.05, 3.63) is 59.2 Å². The topological polar surface area (TPSA) is 58.6 Å². The number of aryl methyl sites for hydroxylation is 2. The number of nitrogens with one attached hydrogen (secondary N) is 1. The molecule has 0 heterocycles. The van der Waals surface area contributed by atoms with Crippen LogP contribution >= 0.6 is 0 Å². The van der Waals surface area contributed by atoms with Gasteiger partial charge in [0.05, 0.1) is 13.2 Å². The highest BCUT2D eigenvalue weighted by molar-refractivity contribution is 5.91. The van der Waals surface area contributed by atoms with Gasteiger partial charge in [0.2, 0.25) is 5.91 Å². The van der Waals surface area contributed by atoms with Crippen molar-refractivity contribution < 1.29 is 14.6 Å². The largest absolute Gasteiger partial charge is 0.494 e. The molecule has 0 bridgehead atoms. The molecule has 0 radical (unpaired) electrons. The van der Waals surface area contributed by atoms with Gasteiger partial charge in [0, 0.05) is 17.7 Å². The molecular formula is C19H23NO3. The number of rotatable bonds is 7. The number of ether oxygens (including phenoxy) is 1. The Morgan fingerprint density at radius 1 is 1.17 bits per heavy atom. The van der Waals surface area contributed by atoms with Crippen LogP contribution in [0, 0.1) is 6.92 Å². The van der Waals surface area contributed by atoms with E-state index in [1.807, 2.05) is 38.1 Å². The van der Waals surface area contributed by atoms with Crippen LogP contribution in [-0.2, 0) is 17.8 Å². The van der Waals surface area contributed by atoms with E-state index in [9.17, 15) is 9.90 Å². The Bertz CT molecular complexity index is 667. The van der Waals surface area contributed by atoms with E-state index in [1.54, 1.807) is 18.2 Å². The molecule has 0 atom stereocenters. The number of aliphatic hydroxyl groups excluding tert-OH is 1. The maximum absolute atomic E-state index is 12.1. The summed E-state index contributed by atoms with van der Waals surface area (Å²) in [5.41, 5.74) is 3.73. The normalized spacial score (nSPS) is 10.4. The number of aliphatic hydroxyl groups is 1. The molecule has 4 nitrogen and oxygen atoms in total. The summed E-state index contributed by atoms with van der Waals surface area (Å²) in [4.78, 5) is 12.1. The minimum atomic E-state index is -0.123. The van der Waals surface area contributed by atoms with Crippen LogP contribution in [0.5, 0.6) is 5.75 Å². The number of hydrogen-bond acceptors (Lipinski definition) is 3. The molecule has 2 N–H and O–H groups in total. The summed E-state index contributed by atoms with van der Waals surface area (Å²) in [6, 6.07) is 13.4. The highest BCUT2D eigenvalue weighted by atomic mass is 16.5. The van der Waals surface area contributed by atoms with Gasteiger partial charge in [-0.15, -0.1) is 0 Å². The first-order valence-corrected chi connectivity index (χ1v) is 7.85. The highest BCUT2D eigenvalue weighted by Crippen LogP contribution is 2.23. The minimum absolute atomic E-state index is 0.0405. The Morgan fingerprint density at radius 2 is 1.96 bits per heavy atom. The van der Waals surface area contributed by atoms with Crippen molar-refractivity contribution in [3.63, 3.8) is 0 Å². The van der Waals surface area contributed by atoms with Crippen molar-refractivity contribution in [3.8, 4) is 5.75 Å². The summed E-state index contributed by atoms with van der Waals surface area (Å²) in [7, 11) is 0. The summed E-state index contributed by atoms with van der Waals surface area (Å²) >= 11 is 0. The minimum Gasteiger partial charge on any atom is -0.494 e. The van der Waals surface area contributed by atoms with Crippen molar-refractivity contribution >= 4 is 11.6 Å². The van der Waals surface area contributed by atoms with Gasteiger partial charge in [-0.3, -0.25) is 4.79 Å². The lowest BCUT2D eigenvalue weighted by Gasteiger charge is -2.11. The molecule has 0 fully saturated rings. The van der Waals surface area contributed by atoms with Gasteiger partial charge in [-0.1, -0.05) is 24.3 Å². The lowest BCUT2D eigenvalue weighted by atomic mass is 10.0. The molecule has 0 spiro atoms. The van der Waals surface area contributed by atoms with E-state index in [2.05, 4.69) is 5.32 Å². The average Bonchev–Trinajstić information content (AvgIpc) is 2.55. The second kappa shape index (κ2) is 8.34. The number of anilines is 1. The first-order valence-electron chi connectivity index (χ1n) is 7.85. The summed E-state index contributed by atoms with van der Waals surface area (Å²) in [5, 5.41) is 12.3. The van der Waals surface area contributed by atoms with E-state index in [-0.39, 0.29) is 12.5 Å². The molecule has 0 saturated heterocycles. The van der Waals surface area contributed by atoms with E-state index in [1.165, 1.54) is 11.1 Å². The zero-order valence-electron chi connectivity index (χ0n) is 13.6. The molecule has 0 unspecified atom stereocenters. The fourth-order valence-electron chi connectivity index (χ4n) is 2.44. The molecular weight excluding hydrogens is 290 g/mol. The standard InChI is InChI=1S/C19H23NO3/c1-3-23-18-10-9-17(12-16(18)13-21)20-19(22)11-8-15-7-5-4-6-14(15)2/h4-7,9-10,12,21H,3,8,11,13H2,1-2H3,(H,20,22). The van der Waals surface area contributed by atoms with Gasteiger partial charge in [0.1, 0.15) is 5.75 Å². The second-order valence-electron chi connectivity index (χ2n) is 5.39. The van der Waals surface area contributed by atoms with Crippen LogP contribution in [0.2, 0.25) is 0 Å². The lowest BCUT2D eigenvalue weighted by molar-refractivity contribution is -0.116. The van der Waals surface area contributed by atoms with Crippen LogP contribution in [0.4, 0.5) is 5.69 Å². The van der Waals surface area contributed by atoms with Crippen LogP contribution in [0.15, 0.2) is 42.5 Å². The van der Waals surface area contributed by atoms with E-state index in [4.69, 9.17) is 4.74 Å². The van der Waals surface area contributed by atoms with Gasteiger partial charge >= 0.3 is 0 Å². The molecule has 4 heteroatoms. The van der Waals surface area contributed by atoms with Crippen LogP contribution < -0.4 is 10.1 Å². The summed E-state index contributed by atoms with van der Waals surface area (Å²) in [6.45, 7) is 4.35. The number of carbonyl (C=O) groups excluding carboxylic acids is 1. The van der Waals surface area contributed by atoms with Gasteiger partial charge in [0.15, 0.2) is 0 Å². The molecule has 1 amide bonds. The zero-order chi connectivity index (χ0) is 16.7. The first-order chi connectivity index (χ1) is 11.1. The van der Waals surface area contributed by atoms with Crippen LogP contribution in [0.25, 0.3) is 0 Å². The van der Waals surface area contributed by atoms with Crippen molar-refractivity contribution in [2.45, 2.75) is 33.3 Å². The van der Waals surface area contributed by atoms with Crippen molar-refractivity contribution in [1.82, 2.24) is 0 Å². The van der Waals surface area contributed by atoms with Gasteiger partial charge in [-0.05, 0) is 49.6 Å². The van der Waals surface area contributed by atoms with Crippen molar-refractivity contribution in [2.75, 3.05) is 11.9 Å². The molecule has 0 aromatic heterocycles. The fraction of sp³-hybridized carbons (Fsp3) is 0.316. The molecule has 2 rings (SSSR count). The number of benzene rings is 2. The predicted molar refractivity (Wildman–Crippen MR) is 91.7 cm³/mol. The number of carbonyl (C=O) groups is 1. The van der Waals surface area contributed by atoms with E-state index < -0.39 is 0 Å². The van der Waals surface area contributed by atoms with Crippen LogP contribution in [-0.4, -0.2) is 17.6 Å². The lowest BCUT2D eigenvalue weighted by Crippen LogP contribution is -2.13.